The average Bonchev–Trinajstić information content (AvgIpc) is 2.89. The highest BCUT2D eigenvalue weighted by Gasteiger charge is 2.53. The summed E-state index contributed by atoms with van der Waals surface area (Å²) in [6, 6.07) is 43.6. The molecular weight excluding hydrogens is 479 g/mol. The van der Waals surface area contributed by atoms with Gasteiger partial charge in [-0.15, -0.1) is 23.2 Å². The minimum atomic E-state index is -2.61. The van der Waals surface area contributed by atoms with E-state index in [-0.39, 0.29) is 16.5 Å². The van der Waals surface area contributed by atoms with Gasteiger partial charge in [0.1, 0.15) is 8.80 Å². The van der Waals surface area contributed by atoms with Crippen LogP contribution < -0.4 is 20.7 Å². The average molecular weight is 506 g/mol. The summed E-state index contributed by atoms with van der Waals surface area (Å²) < 4.78 is 7.38. The first-order valence-corrected chi connectivity index (χ1v) is 16.2. The zero-order chi connectivity index (χ0) is 22.7. The number of benzene rings is 4. The van der Waals surface area contributed by atoms with E-state index in [0.29, 0.717) is 0 Å². The van der Waals surface area contributed by atoms with Crippen LogP contribution in [0.2, 0.25) is 6.04 Å². The third-order valence-corrected chi connectivity index (χ3v) is 16.1. The van der Waals surface area contributed by atoms with Gasteiger partial charge in [-0.25, -0.2) is 0 Å². The van der Waals surface area contributed by atoms with E-state index in [1.54, 1.807) is 0 Å². The lowest BCUT2D eigenvalue weighted by molar-refractivity contribution is 0.244. The maximum absolute atomic E-state index is 7.38. The third kappa shape index (κ3) is 4.49. The Bertz CT molecular complexity index is 1080. The topological polar surface area (TPSA) is 9.23 Å². The Morgan fingerprint density at radius 2 is 1.00 bits per heavy atom. The van der Waals surface area contributed by atoms with Crippen molar-refractivity contribution in [3.8, 4) is 0 Å². The van der Waals surface area contributed by atoms with Gasteiger partial charge in [-0.05, 0) is 16.4 Å². The maximum Gasteiger partial charge on any atom is 0.257 e. The van der Waals surface area contributed by atoms with Crippen LogP contribution in [0.5, 0.6) is 0 Å². The second-order valence-corrected chi connectivity index (χ2v) is 16.1. The first-order valence-electron chi connectivity index (χ1n) is 11.4. The fourth-order valence-electron chi connectivity index (χ4n) is 5.04. The molecule has 0 saturated carbocycles. The van der Waals surface area contributed by atoms with Gasteiger partial charge in [0.25, 0.3) is 8.32 Å². The first kappa shape index (κ1) is 22.6. The van der Waals surface area contributed by atoms with Crippen LogP contribution in [0.4, 0.5) is 0 Å². The molecule has 1 aliphatic rings. The van der Waals surface area contributed by atoms with E-state index in [2.05, 4.69) is 121 Å². The molecule has 3 atom stereocenters. The number of hydrogen-bond donors (Lipinski definition) is 0. The molecule has 1 heterocycles. The van der Waals surface area contributed by atoms with Crippen molar-refractivity contribution in [2.45, 2.75) is 22.5 Å². The Hall–Kier alpha value is -2.15. The number of rotatable bonds is 5. The van der Waals surface area contributed by atoms with E-state index in [4.69, 9.17) is 27.6 Å². The standard InChI is InChI=1S/C28H26Cl2OSi2/c29-26-21-33(24-17-9-3-10-18-24,25-19-11-4-12-20-25)31-28(27(26)30)32(22-13-5-1-6-14-22)23-15-7-2-8-16-23/h1-20,26-28,32H,21H2. The molecule has 1 aliphatic heterocycles. The molecule has 1 fully saturated rings. The smallest absolute Gasteiger partial charge is 0.257 e. The van der Waals surface area contributed by atoms with Crippen LogP contribution in [0.25, 0.3) is 0 Å². The van der Waals surface area contributed by atoms with Crippen LogP contribution in [0.1, 0.15) is 0 Å². The second kappa shape index (κ2) is 10.0. The first-order chi connectivity index (χ1) is 16.2. The van der Waals surface area contributed by atoms with Gasteiger partial charge in [0.05, 0.1) is 16.5 Å². The predicted molar refractivity (Wildman–Crippen MR) is 146 cm³/mol. The van der Waals surface area contributed by atoms with Crippen molar-refractivity contribution >= 4 is 61.1 Å². The minimum absolute atomic E-state index is 0.125. The van der Waals surface area contributed by atoms with Gasteiger partial charge in [0, 0.05) is 0 Å². The molecule has 5 heteroatoms. The van der Waals surface area contributed by atoms with Crippen molar-refractivity contribution in [1.82, 2.24) is 0 Å². The number of hydrogen-bond acceptors (Lipinski definition) is 1. The summed E-state index contributed by atoms with van der Waals surface area (Å²) in [4.78, 5) is 0. The van der Waals surface area contributed by atoms with Crippen LogP contribution >= 0.6 is 23.2 Å². The molecule has 1 saturated heterocycles. The van der Waals surface area contributed by atoms with Gasteiger partial charge >= 0.3 is 0 Å². The molecule has 166 valence electrons. The SMILES string of the molecule is ClC1C[Si](c2ccccc2)(c2ccccc2)OC([SiH](c2ccccc2)c2ccccc2)C1Cl. The molecule has 4 aromatic carbocycles. The number of halogens is 2. The van der Waals surface area contributed by atoms with E-state index in [9.17, 15) is 0 Å². The molecule has 0 N–H and O–H groups in total. The summed E-state index contributed by atoms with van der Waals surface area (Å²) in [5.74, 6) is 0. The molecule has 1 nitrogen and oxygen atoms in total. The molecule has 3 unspecified atom stereocenters. The van der Waals surface area contributed by atoms with Gasteiger partial charge in [-0.1, -0.05) is 132 Å². The summed E-state index contributed by atoms with van der Waals surface area (Å²) >= 11 is 14.2. The summed E-state index contributed by atoms with van der Waals surface area (Å²) in [6.45, 7) is 0. The van der Waals surface area contributed by atoms with Gasteiger partial charge < -0.3 is 4.43 Å². The van der Waals surface area contributed by atoms with Crippen LogP contribution in [-0.4, -0.2) is 33.6 Å². The molecule has 0 amide bonds. The quantitative estimate of drug-likeness (QED) is 0.295. The largest absolute Gasteiger partial charge is 0.406 e. The van der Waals surface area contributed by atoms with Crippen molar-refractivity contribution in [1.29, 1.82) is 0 Å². The summed E-state index contributed by atoms with van der Waals surface area (Å²) in [6.07, 6.45) is 0. The van der Waals surface area contributed by atoms with Crippen molar-refractivity contribution < 1.29 is 4.43 Å². The maximum atomic E-state index is 7.38. The van der Waals surface area contributed by atoms with Gasteiger partial charge in [0.15, 0.2) is 0 Å². The number of alkyl halides is 2. The Morgan fingerprint density at radius 1 is 0.606 bits per heavy atom. The van der Waals surface area contributed by atoms with Crippen molar-refractivity contribution in [2.75, 3.05) is 0 Å². The lowest BCUT2D eigenvalue weighted by Gasteiger charge is -2.47. The highest BCUT2D eigenvalue weighted by molar-refractivity contribution is 6.99. The van der Waals surface area contributed by atoms with Crippen LogP contribution in [-0.2, 0) is 4.43 Å². The Balaban J connectivity index is 1.68. The summed E-state index contributed by atoms with van der Waals surface area (Å²) in [7, 11) is -4.47. The van der Waals surface area contributed by atoms with E-state index < -0.39 is 17.1 Å². The highest BCUT2D eigenvalue weighted by atomic mass is 35.5. The van der Waals surface area contributed by atoms with E-state index in [1.807, 2.05) is 0 Å². The fraction of sp³-hybridized carbons (Fsp3) is 0.143. The molecule has 0 radical (unpaired) electrons. The van der Waals surface area contributed by atoms with Crippen LogP contribution in [0, 0.1) is 0 Å². The zero-order valence-electron chi connectivity index (χ0n) is 18.2. The second-order valence-electron chi connectivity index (χ2n) is 8.61. The van der Waals surface area contributed by atoms with E-state index in [0.717, 1.165) is 6.04 Å². The zero-order valence-corrected chi connectivity index (χ0v) is 21.9. The van der Waals surface area contributed by atoms with Crippen molar-refractivity contribution in [2.24, 2.45) is 0 Å². The molecule has 0 spiro atoms. The molecule has 5 rings (SSSR count). The molecule has 0 aliphatic carbocycles. The van der Waals surface area contributed by atoms with Gasteiger partial charge in [0.2, 0.25) is 0 Å². The molecule has 33 heavy (non-hydrogen) atoms. The Morgan fingerprint density at radius 3 is 1.42 bits per heavy atom. The van der Waals surface area contributed by atoms with E-state index >= 15 is 0 Å². The lowest BCUT2D eigenvalue weighted by atomic mass is 10.3. The monoisotopic (exact) mass is 504 g/mol. The molecule has 0 bridgehead atoms. The Kier molecular flexibility index (Phi) is 6.86. The lowest BCUT2D eigenvalue weighted by Crippen LogP contribution is -2.72. The van der Waals surface area contributed by atoms with Crippen LogP contribution in [0.3, 0.4) is 0 Å². The fourth-order valence-corrected chi connectivity index (χ4v) is 15.1. The van der Waals surface area contributed by atoms with Crippen molar-refractivity contribution in [3.63, 3.8) is 0 Å². The van der Waals surface area contributed by atoms with E-state index in [1.165, 1.54) is 20.7 Å². The molecular formula is C28H26Cl2OSi2. The van der Waals surface area contributed by atoms with Gasteiger partial charge in [-0.2, -0.15) is 0 Å². The summed E-state index contributed by atoms with van der Waals surface area (Å²) in [5.41, 5.74) is -0.125. The van der Waals surface area contributed by atoms with Gasteiger partial charge in [-0.3, -0.25) is 0 Å². The minimum Gasteiger partial charge on any atom is -0.406 e. The molecule has 4 aromatic rings. The third-order valence-electron chi connectivity index (χ3n) is 6.61. The summed E-state index contributed by atoms with van der Waals surface area (Å²) in [5, 5.41) is 4.74. The van der Waals surface area contributed by atoms with Crippen molar-refractivity contribution in [3.05, 3.63) is 121 Å². The molecule has 0 aromatic heterocycles. The van der Waals surface area contributed by atoms with Crippen LogP contribution in [0.15, 0.2) is 121 Å². The predicted octanol–water partition coefficient (Wildman–Crippen LogP) is 3.94. The normalized spacial score (nSPS) is 22.2. The highest BCUT2D eigenvalue weighted by Crippen LogP contribution is 2.34. The Labute approximate surface area is 208 Å².